The Labute approximate surface area is 200 Å². The Kier molecular flexibility index (Phi) is 6.55. The van der Waals surface area contributed by atoms with E-state index in [2.05, 4.69) is 9.71 Å². The van der Waals surface area contributed by atoms with Gasteiger partial charge in [-0.2, -0.15) is 4.99 Å². The molecule has 0 saturated carbocycles. The largest absolute Gasteiger partial charge is 0.495 e. The molecule has 1 heterocycles. The number of carbonyl (C=O) groups is 1. The monoisotopic (exact) mass is 501 g/mol. The van der Waals surface area contributed by atoms with E-state index in [0.717, 1.165) is 10.2 Å². The number of aromatic nitrogens is 1. The number of aryl methyl sites for hydroxylation is 1. The summed E-state index contributed by atoms with van der Waals surface area (Å²) in [4.78, 5) is 18.0. The van der Waals surface area contributed by atoms with E-state index in [1.807, 2.05) is 11.5 Å². The normalized spacial score (nSPS) is 12.2. The summed E-state index contributed by atoms with van der Waals surface area (Å²) in [5.41, 5.74) is 1.03. The van der Waals surface area contributed by atoms with Crippen molar-refractivity contribution in [2.45, 2.75) is 18.4 Å². The first-order valence-electron chi connectivity index (χ1n) is 9.97. The van der Waals surface area contributed by atoms with E-state index in [9.17, 15) is 13.2 Å². The van der Waals surface area contributed by atoms with E-state index >= 15 is 0 Å². The second-order valence-electron chi connectivity index (χ2n) is 6.94. The molecule has 0 aliphatic rings. The molecule has 3 aromatic carbocycles. The fraction of sp³-hybridized carbons (Fsp3) is 0.130. The maximum Gasteiger partial charge on any atom is 0.281 e. The van der Waals surface area contributed by atoms with Gasteiger partial charge in [0, 0.05) is 6.54 Å². The van der Waals surface area contributed by atoms with Crippen molar-refractivity contribution in [3.63, 3.8) is 0 Å². The van der Waals surface area contributed by atoms with Crippen LogP contribution in [0.15, 0.2) is 76.6 Å². The highest BCUT2D eigenvalue weighted by atomic mass is 35.5. The first-order valence-corrected chi connectivity index (χ1v) is 12.6. The van der Waals surface area contributed by atoms with Crippen LogP contribution in [0, 0.1) is 0 Å². The molecule has 33 heavy (non-hydrogen) atoms. The van der Waals surface area contributed by atoms with Gasteiger partial charge in [-0.25, -0.2) is 8.42 Å². The van der Waals surface area contributed by atoms with Gasteiger partial charge in [0.05, 0.1) is 33.0 Å². The summed E-state index contributed by atoms with van der Waals surface area (Å²) in [7, 11) is -2.30. The molecule has 1 aromatic heterocycles. The molecule has 0 bridgehead atoms. The highest BCUT2D eigenvalue weighted by Gasteiger charge is 2.19. The van der Waals surface area contributed by atoms with E-state index in [4.69, 9.17) is 16.3 Å². The number of methoxy groups -OCH3 is 1. The quantitative estimate of drug-likeness (QED) is 0.406. The van der Waals surface area contributed by atoms with Crippen LogP contribution < -0.4 is 14.3 Å². The number of fused-ring (bicyclic) bond motifs is 1. The minimum Gasteiger partial charge on any atom is -0.495 e. The maximum atomic E-state index is 13.2. The zero-order valence-electron chi connectivity index (χ0n) is 17.8. The van der Waals surface area contributed by atoms with Crippen LogP contribution in [0.1, 0.15) is 17.3 Å². The van der Waals surface area contributed by atoms with Gasteiger partial charge >= 0.3 is 0 Å². The second-order valence-corrected chi connectivity index (χ2v) is 10.0. The molecular weight excluding hydrogens is 482 g/mol. The standard InChI is InChI=1S/C23H20ClN3O4S2/c1-3-27-20-19(31-2)14-13-17(24)21(20)32-23(27)25-22(28)16-11-7-8-12-18(16)26-33(29,30)15-9-5-4-6-10-15/h4-14,26H,3H2,1-2H3. The van der Waals surface area contributed by atoms with E-state index in [1.165, 1.54) is 35.6 Å². The summed E-state index contributed by atoms with van der Waals surface area (Å²) in [5.74, 6) is 0.0441. The molecule has 0 saturated heterocycles. The molecule has 0 atom stereocenters. The lowest BCUT2D eigenvalue weighted by atomic mass is 10.2. The van der Waals surface area contributed by atoms with Gasteiger partial charge in [-0.1, -0.05) is 53.3 Å². The highest BCUT2D eigenvalue weighted by molar-refractivity contribution is 7.92. The Morgan fingerprint density at radius 3 is 2.48 bits per heavy atom. The smallest absolute Gasteiger partial charge is 0.281 e. The molecule has 170 valence electrons. The Morgan fingerprint density at radius 2 is 1.79 bits per heavy atom. The van der Waals surface area contributed by atoms with Gasteiger partial charge in [-0.3, -0.25) is 9.52 Å². The zero-order chi connectivity index (χ0) is 23.6. The van der Waals surface area contributed by atoms with Gasteiger partial charge in [0.25, 0.3) is 15.9 Å². The minimum absolute atomic E-state index is 0.0965. The lowest BCUT2D eigenvalue weighted by molar-refractivity contribution is 0.0998. The molecule has 7 nitrogen and oxygen atoms in total. The molecule has 4 aromatic rings. The molecule has 0 unspecified atom stereocenters. The minimum atomic E-state index is -3.87. The third-order valence-electron chi connectivity index (χ3n) is 4.93. The first-order chi connectivity index (χ1) is 15.9. The second kappa shape index (κ2) is 9.38. The van der Waals surface area contributed by atoms with E-state index < -0.39 is 15.9 Å². The predicted molar refractivity (Wildman–Crippen MR) is 131 cm³/mol. The molecule has 1 amide bonds. The Balaban J connectivity index is 1.80. The number of hydrogen-bond donors (Lipinski definition) is 1. The molecule has 10 heteroatoms. The first kappa shape index (κ1) is 23.0. The maximum absolute atomic E-state index is 13.2. The van der Waals surface area contributed by atoms with Gasteiger partial charge in [0.1, 0.15) is 11.3 Å². The fourth-order valence-electron chi connectivity index (χ4n) is 3.37. The van der Waals surface area contributed by atoms with Crippen molar-refractivity contribution in [3.05, 3.63) is 82.1 Å². The summed E-state index contributed by atoms with van der Waals surface area (Å²) < 4.78 is 36.1. The number of carbonyl (C=O) groups excluding carboxylic acids is 1. The Hall–Kier alpha value is -3.14. The SMILES string of the molecule is CCn1c(=NC(=O)c2ccccc2NS(=O)(=O)c2ccccc2)sc2c(Cl)ccc(OC)c21. The van der Waals surface area contributed by atoms with Crippen molar-refractivity contribution in [3.8, 4) is 5.75 Å². The number of benzene rings is 3. The summed E-state index contributed by atoms with van der Waals surface area (Å²) in [6.45, 7) is 2.46. The number of anilines is 1. The molecule has 1 N–H and O–H groups in total. The molecule has 0 aliphatic carbocycles. The molecule has 0 fully saturated rings. The summed E-state index contributed by atoms with van der Waals surface area (Å²) in [5, 5.41) is 0.530. The van der Waals surface area contributed by atoms with E-state index in [1.54, 1.807) is 49.6 Å². The van der Waals surface area contributed by atoms with E-state index in [0.29, 0.717) is 22.1 Å². The van der Waals surface area contributed by atoms with Crippen molar-refractivity contribution in [1.29, 1.82) is 0 Å². The van der Waals surface area contributed by atoms with Crippen LogP contribution in [0.3, 0.4) is 0 Å². The third-order valence-corrected chi connectivity index (χ3v) is 7.85. The number of hydrogen-bond acceptors (Lipinski definition) is 5. The summed E-state index contributed by atoms with van der Waals surface area (Å²) in [6, 6.07) is 17.8. The number of para-hydroxylation sites is 1. The number of sulfonamides is 1. The highest BCUT2D eigenvalue weighted by Crippen LogP contribution is 2.33. The molecular formula is C23H20ClN3O4S2. The fourth-order valence-corrected chi connectivity index (χ4v) is 5.86. The number of rotatable bonds is 6. The van der Waals surface area contributed by atoms with E-state index in [-0.39, 0.29) is 16.1 Å². The van der Waals surface area contributed by atoms with Crippen LogP contribution in [0.25, 0.3) is 10.2 Å². The van der Waals surface area contributed by atoms with Crippen LogP contribution in [0.5, 0.6) is 5.75 Å². The third kappa shape index (κ3) is 4.52. The zero-order valence-corrected chi connectivity index (χ0v) is 20.2. The summed E-state index contributed by atoms with van der Waals surface area (Å²) in [6.07, 6.45) is 0. The molecule has 0 aliphatic heterocycles. The van der Waals surface area contributed by atoms with Crippen LogP contribution in [0.2, 0.25) is 5.02 Å². The van der Waals surface area contributed by atoms with Gasteiger partial charge in [-0.15, -0.1) is 0 Å². The average Bonchev–Trinajstić information content (AvgIpc) is 3.19. The number of ether oxygens (including phenoxy) is 1. The van der Waals surface area contributed by atoms with Crippen LogP contribution in [-0.2, 0) is 16.6 Å². The number of thiazole rings is 1. The topological polar surface area (TPSA) is 89.8 Å². The predicted octanol–water partition coefficient (Wildman–Crippen LogP) is 4.93. The van der Waals surface area contributed by atoms with Crippen LogP contribution in [0.4, 0.5) is 5.69 Å². The van der Waals surface area contributed by atoms with Gasteiger partial charge in [0.15, 0.2) is 4.80 Å². The Bertz CT molecular complexity index is 1510. The Morgan fingerprint density at radius 1 is 1.09 bits per heavy atom. The van der Waals surface area contributed by atoms with Crippen molar-refractivity contribution in [1.82, 2.24) is 4.57 Å². The average molecular weight is 502 g/mol. The summed E-state index contributed by atoms with van der Waals surface area (Å²) >= 11 is 7.64. The van der Waals surface area contributed by atoms with Gasteiger partial charge < -0.3 is 9.30 Å². The molecule has 0 spiro atoms. The van der Waals surface area contributed by atoms with Crippen molar-refractivity contribution < 1.29 is 17.9 Å². The van der Waals surface area contributed by atoms with Gasteiger partial charge in [0.2, 0.25) is 0 Å². The molecule has 0 radical (unpaired) electrons. The van der Waals surface area contributed by atoms with Crippen molar-refractivity contribution >= 4 is 54.8 Å². The number of nitrogens with zero attached hydrogens (tertiary/aromatic N) is 2. The number of nitrogens with one attached hydrogen (secondary N) is 1. The van der Waals surface area contributed by atoms with Crippen molar-refractivity contribution in [2.24, 2.45) is 4.99 Å². The van der Waals surface area contributed by atoms with Crippen molar-refractivity contribution in [2.75, 3.05) is 11.8 Å². The van der Waals surface area contributed by atoms with Crippen LogP contribution >= 0.6 is 22.9 Å². The lowest BCUT2D eigenvalue weighted by Crippen LogP contribution is -2.18. The van der Waals surface area contributed by atoms with Crippen LogP contribution in [-0.4, -0.2) is 26.0 Å². The van der Waals surface area contributed by atoms with Gasteiger partial charge in [-0.05, 0) is 43.3 Å². The number of halogens is 1. The number of amides is 1. The molecule has 4 rings (SSSR count). The lowest BCUT2D eigenvalue weighted by Gasteiger charge is -2.11.